The van der Waals surface area contributed by atoms with Crippen molar-refractivity contribution >= 4 is 50.3 Å². The third-order valence-corrected chi connectivity index (χ3v) is 6.49. The Balaban J connectivity index is 1.54. The Hall–Kier alpha value is -4.34. The second-order valence-corrected chi connectivity index (χ2v) is 9.49. The summed E-state index contributed by atoms with van der Waals surface area (Å²) in [6.07, 6.45) is 1.38. The summed E-state index contributed by atoms with van der Waals surface area (Å²) in [6, 6.07) is 26.2. The Morgan fingerprint density at radius 3 is 2.47 bits per heavy atom. The maximum atomic E-state index is 13.3. The second kappa shape index (κ2) is 11.0. The number of fused-ring (bicyclic) bond motifs is 1. The van der Waals surface area contributed by atoms with Gasteiger partial charge < -0.3 is 4.74 Å². The molecule has 8 nitrogen and oxygen atoms in total. The predicted molar refractivity (Wildman–Crippen MR) is 151 cm³/mol. The summed E-state index contributed by atoms with van der Waals surface area (Å²) in [5.74, 6) is 0.429. The van der Waals surface area contributed by atoms with Gasteiger partial charge in [-0.2, -0.15) is 9.78 Å². The first-order valence-electron chi connectivity index (χ1n) is 11.4. The summed E-state index contributed by atoms with van der Waals surface area (Å²) in [5.41, 5.74) is 1.83. The molecule has 0 spiro atoms. The molecule has 0 aliphatic rings. The molecule has 38 heavy (non-hydrogen) atoms. The lowest BCUT2D eigenvalue weighted by molar-refractivity contribution is -0.386. The number of nitrogens with zero attached hydrogens (tertiary/aromatic N) is 4. The maximum Gasteiger partial charge on any atom is 0.312 e. The third kappa shape index (κ3) is 5.34. The van der Waals surface area contributed by atoms with Crippen molar-refractivity contribution in [3.63, 3.8) is 0 Å². The number of aromatic nitrogens is 2. The van der Waals surface area contributed by atoms with Gasteiger partial charge in [0.25, 0.3) is 5.56 Å². The van der Waals surface area contributed by atoms with Crippen LogP contribution in [0.5, 0.6) is 5.75 Å². The van der Waals surface area contributed by atoms with E-state index in [1.54, 1.807) is 48.5 Å². The molecule has 0 N–H and O–H groups in total. The van der Waals surface area contributed by atoms with E-state index < -0.39 is 4.92 Å². The maximum absolute atomic E-state index is 13.3. The molecule has 5 rings (SSSR count). The molecular formula is C28H18BrClN4O4. The lowest BCUT2D eigenvalue weighted by atomic mass is 10.2. The molecule has 0 saturated carbocycles. The molecule has 0 bridgehead atoms. The molecule has 1 heterocycles. The molecule has 4 aromatic carbocycles. The van der Waals surface area contributed by atoms with E-state index in [0.29, 0.717) is 37.3 Å². The number of benzene rings is 4. The van der Waals surface area contributed by atoms with E-state index in [0.717, 1.165) is 5.56 Å². The molecular weight excluding hydrogens is 572 g/mol. The van der Waals surface area contributed by atoms with Crippen LogP contribution in [0, 0.1) is 10.1 Å². The van der Waals surface area contributed by atoms with Crippen molar-refractivity contribution in [2.24, 2.45) is 5.10 Å². The van der Waals surface area contributed by atoms with Crippen LogP contribution in [0.3, 0.4) is 0 Å². The fourth-order valence-electron chi connectivity index (χ4n) is 3.82. The van der Waals surface area contributed by atoms with Gasteiger partial charge in [-0.15, -0.1) is 0 Å². The van der Waals surface area contributed by atoms with Crippen molar-refractivity contribution in [3.05, 3.63) is 132 Å². The van der Waals surface area contributed by atoms with Crippen LogP contribution >= 0.6 is 27.5 Å². The van der Waals surface area contributed by atoms with Gasteiger partial charge >= 0.3 is 5.69 Å². The third-order valence-electron chi connectivity index (χ3n) is 5.65. The SMILES string of the molecule is O=c1c2ccccc2nc(-c2ccccc2)n1N=Cc1cc(Br)c(OCc2ccc(Cl)cc2)c([N+](=O)[O-])c1. The molecule has 188 valence electrons. The lowest BCUT2D eigenvalue weighted by Gasteiger charge is -2.11. The van der Waals surface area contributed by atoms with Crippen LogP contribution in [0.2, 0.25) is 5.02 Å². The standard InChI is InChI=1S/C28H18BrClN4O4/c29-23-14-19(15-25(34(36)37)26(23)38-17-18-10-12-21(30)13-11-18)16-31-33-27(20-6-2-1-3-7-20)32-24-9-5-4-8-22(24)28(33)35/h1-16H,17H2. The fraction of sp³-hybridized carbons (Fsp3) is 0.0357. The van der Waals surface area contributed by atoms with Crippen molar-refractivity contribution in [3.8, 4) is 17.1 Å². The van der Waals surface area contributed by atoms with Gasteiger partial charge in [0.2, 0.25) is 5.75 Å². The number of ether oxygens (including phenoxy) is 1. The summed E-state index contributed by atoms with van der Waals surface area (Å²) < 4.78 is 7.34. The van der Waals surface area contributed by atoms with E-state index in [4.69, 9.17) is 16.3 Å². The average molecular weight is 590 g/mol. The number of hydrogen-bond acceptors (Lipinski definition) is 6. The molecule has 0 amide bonds. The zero-order valence-electron chi connectivity index (χ0n) is 19.6. The van der Waals surface area contributed by atoms with Crippen molar-refractivity contribution in [2.75, 3.05) is 0 Å². The van der Waals surface area contributed by atoms with E-state index in [2.05, 4.69) is 26.0 Å². The minimum absolute atomic E-state index is 0.0802. The number of nitro benzene ring substituents is 1. The van der Waals surface area contributed by atoms with Gasteiger partial charge in [-0.3, -0.25) is 14.9 Å². The van der Waals surface area contributed by atoms with Gasteiger partial charge in [0.1, 0.15) is 6.61 Å². The molecule has 0 radical (unpaired) electrons. The summed E-state index contributed by atoms with van der Waals surface area (Å²) in [6.45, 7) is 0.114. The summed E-state index contributed by atoms with van der Waals surface area (Å²) in [5, 5.41) is 17.3. The summed E-state index contributed by atoms with van der Waals surface area (Å²) in [4.78, 5) is 29.3. The Morgan fingerprint density at radius 1 is 1.03 bits per heavy atom. The van der Waals surface area contributed by atoms with Crippen LogP contribution in [0.1, 0.15) is 11.1 Å². The minimum atomic E-state index is -0.529. The van der Waals surface area contributed by atoms with Gasteiger partial charge in [-0.1, -0.05) is 66.2 Å². The highest BCUT2D eigenvalue weighted by Gasteiger charge is 2.20. The van der Waals surface area contributed by atoms with E-state index >= 15 is 0 Å². The predicted octanol–water partition coefficient (Wildman–Crippen LogP) is 6.85. The van der Waals surface area contributed by atoms with E-state index in [9.17, 15) is 14.9 Å². The first-order valence-corrected chi connectivity index (χ1v) is 12.5. The van der Waals surface area contributed by atoms with Crippen molar-refractivity contribution in [1.82, 2.24) is 9.66 Å². The molecule has 0 fully saturated rings. The van der Waals surface area contributed by atoms with E-state index in [-0.39, 0.29) is 23.6 Å². The van der Waals surface area contributed by atoms with Crippen molar-refractivity contribution < 1.29 is 9.66 Å². The molecule has 0 aliphatic heterocycles. The van der Waals surface area contributed by atoms with Crippen molar-refractivity contribution in [1.29, 1.82) is 0 Å². The van der Waals surface area contributed by atoms with E-state index in [1.165, 1.54) is 17.0 Å². The van der Waals surface area contributed by atoms with Crippen LogP contribution in [0.4, 0.5) is 5.69 Å². The molecule has 0 aliphatic carbocycles. The zero-order valence-corrected chi connectivity index (χ0v) is 22.0. The highest BCUT2D eigenvalue weighted by atomic mass is 79.9. The van der Waals surface area contributed by atoms with Gasteiger partial charge in [0.05, 0.1) is 26.5 Å². The Labute approximate surface area is 230 Å². The smallest absolute Gasteiger partial charge is 0.312 e. The fourth-order valence-corrected chi connectivity index (χ4v) is 4.53. The molecule has 5 aromatic rings. The number of rotatable bonds is 7. The largest absolute Gasteiger partial charge is 0.481 e. The lowest BCUT2D eigenvalue weighted by Crippen LogP contribution is -2.20. The van der Waals surface area contributed by atoms with Crippen LogP contribution in [0.25, 0.3) is 22.3 Å². The zero-order chi connectivity index (χ0) is 26.6. The van der Waals surface area contributed by atoms with Crippen LogP contribution < -0.4 is 10.3 Å². The molecule has 10 heteroatoms. The first-order chi connectivity index (χ1) is 18.4. The number of hydrogen-bond donors (Lipinski definition) is 0. The average Bonchev–Trinajstić information content (AvgIpc) is 2.93. The minimum Gasteiger partial charge on any atom is -0.481 e. The highest BCUT2D eigenvalue weighted by Crippen LogP contribution is 2.36. The molecule has 1 aromatic heterocycles. The second-order valence-electron chi connectivity index (χ2n) is 8.20. The first kappa shape index (κ1) is 25.3. The van der Waals surface area contributed by atoms with E-state index in [1.807, 2.05) is 36.4 Å². The number of nitro groups is 1. The topological polar surface area (TPSA) is 99.6 Å². The van der Waals surface area contributed by atoms with Gasteiger partial charge in [-0.25, -0.2) is 4.98 Å². The normalized spacial score (nSPS) is 11.2. The number of para-hydroxylation sites is 1. The van der Waals surface area contributed by atoms with Gasteiger partial charge in [-0.05, 0) is 51.8 Å². The quantitative estimate of drug-likeness (QED) is 0.117. The van der Waals surface area contributed by atoms with Gasteiger partial charge in [0.15, 0.2) is 5.82 Å². The summed E-state index contributed by atoms with van der Waals surface area (Å²) >= 11 is 9.30. The molecule has 0 atom stereocenters. The Bertz CT molecular complexity index is 1740. The highest BCUT2D eigenvalue weighted by molar-refractivity contribution is 9.10. The molecule has 0 saturated heterocycles. The Morgan fingerprint density at radius 2 is 1.74 bits per heavy atom. The van der Waals surface area contributed by atoms with Gasteiger partial charge in [0, 0.05) is 22.2 Å². The number of halogens is 2. The molecule has 0 unspecified atom stereocenters. The summed E-state index contributed by atoms with van der Waals surface area (Å²) in [7, 11) is 0. The van der Waals surface area contributed by atoms with Crippen LogP contribution in [0.15, 0.2) is 105 Å². The Kier molecular flexibility index (Phi) is 7.30. The monoisotopic (exact) mass is 588 g/mol. The van der Waals surface area contributed by atoms with Crippen LogP contribution in [-0.2, 0) is 6.61 Å². The van der Waals surface area contributed by atoms with Crippen molar-refractivity contribution in [2.45, 2.75) is 6.61 Å². The van der Waals surface area contributed by atoms with Crippen LogP contribution in [-0.4, -0.2) is 20.8 Å².